The fraction of sp³-hybridized carbons (Fsp3) is 0.423. The van der Waals surface area contributed by atoms with Gasteiger partial charge in [0, 0.05) is 17.6 Å². The van der Waals surface area contributed by atoms with Crippen LogP contribution in [0.25, 0.3) is 11.0 Å². The molecule has 2 heterocycles. The summed E-state index contributed by atoms with van der Waals surface area (Å²) in [6.07, 6.45) is 3.86. The van der Waals surface area contributed by atoms with E-state index in [1.54, 1.807) is 0 Å². The van der Waals surface area contributed by atoms with Gasteiger partial charge in [-0.3, -0.25) is 4.79 Å². The summed E-state index contributed by atoms with van der Waals surface area (Å²) >= 11 is 0. The Labute approximate surface area is 177 Å². The second kappa shape index (κ2) is 5.69. The van der Waals surface area contributed by atoms with Crippen molar-refractivity contribution in [2.75, 3.05) is 11.4 Å². The van der Waals surface area contributed by atoms with Gasteiger partial charge < -0.3 is 4.90 Å². The van der Waals surface area contributed by atoms with Crippen molar-refractivity contribution in [3.63, 3.8) is 0 Å². The van der Waals surface area contributed by atoms with Crippen LogP contribution >= 0.6 is 0 Å². The number of para-hydroxylation sites is 3. The molecule has 4 heteroatoms. The molecule has 2 bridgehead atoms. The molecule has 1 fully saturated rings. The standard InChI is InChI=1S/C26H27N3O/c1-24(2)25(3)14-15-26(24,22-21(25)27-18-11-5-6-12-19(18)28-22)23(30)29-16-8-10-17-9-4-7-13-20(17)29/h4-7,9,11-13H,8,10,14-16H2,1-3H3. The maximum atomic E-state index is 14.5. The lowest BCUT2D eigenvalue weighted by Crippen LogP contribution is -2.54. The molecule has 3 aliphatic rings. The molecule has 4 nitrogen and oxygen atoms in total. The van der Waals surface area contributed by atoms with Gasteiger partial charge in [-0.2, -0.15) is 0 Å². The first-order chi connectivity index (χ1) is 14.4. The van der Waals surface area contributed by atoms with Gasteiger partial charge in [-0.1, -0.05) is 51.1 Å². The molecule has 0 radical (unpaired) electrons. The highest BCUT2D eigenvalue weighted by atomic mass is 16.2. The van der Waals surface area contributed by atoms with Gasteiger partial charge in [0.05, 0.1) is 27.8 Å². The number of benzene rings is 2. The molecule has 3 aromatic rings. The molecular formula is C26H27N3O. The van der Waals surface area contributed by atoms with Crippen LogP contribution in [0.1, 0.15) is 57.0 Å². The number of anilines is 1. The second-order valence-electron chi connectivity index (χ2n) is 9.96. The number of aromatic nitrogens is 2. The van der Waals surface area contributed by atoms with E-state index < -0.39 is 5.41 Å². The summed E-state index contributed by atoms with van der Waals surface area (Å²) in [6.45, 7) is 7.60. The summed E-state index contributed by atoms with van der Waals surface area (Å²) in [6, 6.07) is 16.4. The van der Waals surface area contributed by atoms with Gasteiger partial charge >= 0.3 is 0 Å². The van der Waals surface area contributed by atoms with E-state index in [1.165, 1.54) is 5.56 Å². The van der Waals surface area contributed by atoms with E-state index in [-0.39, 0.29) is 16.7 Å². The van der Waals surface area contributed by atoms with Crippen LogP contribution in [0.15, 0.2) is 48.5 Å². The Morgan fingerprint density at radius 1 is 0.900 bits per heavy atom. The molecule has 1 amide bonds. The van der Waals surface area contributed by atoms with Gasteiger partial charge in [0.1, 0.15) is 0 Å². The van der Waals surface area contributed by atoms with Gasteiger partial charge in [0.2, 0.25) is 5.91 Å². The first-order valence-electron chi connectivity index (χ1n) is 11.1. The first-order valence-corrected chi connectivity index (χ1v) is 11.1. The highest BCUT2D eigenvalue weighted by Crippen LogP contribution is 2.70. The molecule has 2 atom stereocenters. The number of hydrogen-bond acceptors (Lipinski definition) is 3. The van der Waals surface area contributed by atoms with Crippen LogP contribution in [0.4, 0.5) is 5.69 Å². The topological polar surface area (TPSA) is 46.1 Å². The predicted molar refractivity (Wildman–Crippen MR) is 119 cm³/mol. The van der Waals surface area contributed by atoms with Crippen molar-refractivity contribution in [2.24, 2.45) is 5.41 Å². The third kappa shape index (κ3) is 1.91. The lowest BCUT2D eigenvalue weighted by Gasteiger charge is -2.43. The van der Waals surface area contributed by atoms with Crippen molar-refractivity contribution in [3.05, 3.63) is 65.5 Å². The first kappa shape index (κ1) is 18.1. The van der Waals surface area contributed by atoms with Gasteiger partial charge in [0.25, 0.3) is 0 Å². The maximum Gasteiger partial charge on any atom is 0.239 e. The molecular weight excluding hydrogens is 370 g/mol. The Bertz CT molecular complexity index is 1220. The zero-order valence-corrected chi connectivity index (χ0v) is 17.9. The van der Waals surface area contributed by atoms with Crippen LogP contribution in [0.2, 0.25) is 0 Å². The third-order valence-corrected chi connectivity index (χ3v) is 8.66. The molecule has 0 N–H and O–H groups in total. The van der Waals surface area contributed by atoms with Crippen molar-refractivity contribution < 1.29 is 4.79 Å². The Morgan fingerprint density at radius 2 is 1.57 bits per heavy atom. The SMILES string of the molecule is CC12CCC(C(=O)N3CCCc4ccccc43)(c3nc4ccccc4nc31)C2(C)C. The van der Waals surface area contributed by atoms with E-state index in [2.05, 4.69) is 43.9 Å². The number of rotatable bonds is 1. The zero-order chi connectivity index (χ0) is 20.7. The van der Waals surface area contributed by atoms with E-state index >= 15 is 0 Å². The van der Waals surface area contributed by atoms with Gasteiger partial charge in [-0.15, -0.1) is 0 Å². The van der Waals surface area contributed by atoms with Crippen LogP contribution in [0.5, 0.6) is 0 Å². The molecule has 152 valence electrons. The van der Waals surface area contributed by atoms with E-state index in [4.69, 9.17) is 9.97 Å². The molecule has 2 aromatic carbocycles. The number of aryl methyl sites for hydroxylation is 1. The summed E-state index contributed by atoms with van der Waals surface area (Å²) in [5.41, 5.74) is 5.10. The number of carbonyl (C=O) groups is 1. The van der Waals surface area contributed by atoms with Crippen LogP contribution in [0.3, 0.4) is 0 Å². The minimum Gasteiger partial charge on any atom is -0.311 e. The molecule has 1 aromatic heterocycles. The lowest BCUT2D eigenvalue weighted by molar-refractivity contribution is -0.127. The van der Waals surface area contributed by atoms with Crippen molar-refractivity contribution in [3.8, 4) is 0 Å². The fourth-order valence-corrected chi connectivity index (χ4v) is 6.50. The van der Waals surface area contributed by atoms with Crippen molar-refractivity contribution in [1.29, 1.82) is 0 Å². The largest absolute Gasteiger partial charge is 0.311 e. The Morgan fingerprint density at radius 3 is 2.33 bits per heavy atom. The van der Waals surface area contributed by atoms with E-state index in [0.717, 1.165) is 60.3 Å². The van der Waals surface area contributed by atoms with Crippen molar-refractivity contribution in [1.82, 2.24) is 9.97 Å². The second-order valence-corrected chi connectivity index (χ2v) is 9.96. The number of hydrogen-bond donors (Lipinski definition) is 0. The summed E-state index contributed by atoms with van der Waals surface area (Å²) < 4.78 is 0. The number of nitrogens with zero attached hydrogens (tertiary/aromatic N) is 3. The monoisotopic (exact) mass is 397 g/mol. The molecule has 6 rings (SSSR count). The molecule has 30 heavy (non-hydrogen) atoms. The molecule has 2 aliphatic carbocycles. The van der Waals surface area contributed by atoms with Crippen LogP contribution in [-0.4, -0.2) is 22.4 Å². The summed E-state index contributed by atoms with van der Waals surface area (Å²) in [4.78, 5) is 26.7. The molecule has 1 saturated carbocycles. The average Bonchev–Trinajstić information content (AvgIpc) is 3.06. The highest BCUT2D eigenvalue weighted by Gasteiger charge is 2.73. The summed E-state index contributed by atoms with van der Waals surface area (Å²) in [7, 11) is 0. The normalized spacial score (nSPS) is 28.4. The zero-order valence-electron chi connectivity index (χ0n) is 17.9. The van der Waals surface area contributed by atoms with Gasteiger partial charge in [-0.05, 0) is 54.9 Å². The molecule has 0 spiro atoms. The van der Waals surface area contributed by atoms with Crippen LogP contribution < -0.4 is 4.90 Å². The van der Waals surface area contributed by atoms with Crippen molar-refractivity contribution >= 4 is 22.6 Å². The van der Waals surface area contributed by atoms with Gasteiger partial charge in [0.15, 0.2) is 0 Å². The Balaban J connectivity index is 1.59. The number of fused-ring (bicyclic) bond motifs is 7. The van der Waals surface area contributed by atoms with Crippen LogP contribution in [0, 0.1) is 5.41 Å². The summed E-state index contributed by atoms with van der Waals surface area (Å²) in [5.74, 6) is 0.215. The number of carbonyl (C=O) groups excluding carboxylic acids is 1. The quantitative estimate of drug-likeness (QED) is 0.584. The minimum atomic E-state index is -0.626. The van der Waals surface area contributed by atoms with E-state index in [1.807, 2.05) is 30.3 Å². The third-order valence-electron chi connectivity index (χ3n) is 8.66. The number of amides is 1. The maximum absolute atomic E-state index is 14.5. The Kier molecular flexibility index (Phi) is 3.42. The minimum absolute atomic E-state index is 0.148. The average molecular weight is 398 g/mol. The van der Waals surface area contributed by atoms with Gasteiger partial charge in [-0.25, -0.2) is 9.97 Å². The lowest BCUT2D eigenvalue weighted by atomic mass is 9.63. The smallest absolute Gasteiger partial charge is 0.239 e. The molecule has 2 unspecified atom stereocenters. The predicted octanol–water partition coefficient (Wildman–Crippen LogP) is 4.94. The molecule has 0 saturated heterocycles. The van der Waals surface area contributed by atoms with Crippen LogP contribution in [-0.2, 0) is 22.0 Å². The summed E-state index contributed by atoms with van der Waals surface area (Å²) in [5, 5.41) is 0. The highest BCUT2D eigenvalue weighted by molar-refractivity contribution is 6.04. The van der Waals surface area contributed by atoms with E-state index in [9.17, 15) is 4.79 Å². The Hall–Kier alpha value is -2.75. The molecule has 1 aliphatic heterocycles. The van der Waals surface area contributed by atoms with E-state index in [0.29, 0.717) is 0 Å². The fourth-order valence-electron chi connectivity index (χ4n) is 6.50. The van der Waals surface area contributed by atoms with Crippen molar-refractivity contribution in [2.45, 2.75) is 57.3 Å².